The number of carbonyl (C=O) groups is 2. The predicted octanol–water partition coefficient (Wildman–Crippen LogP) is 1.27. The summed E-state index contributed by atoms with van der Waals surface area (Å²) in [6.45, 7) is 16.4. The van der Waals surface area contributed by atoms with Crippen LogP contribution in [0, 0.1) is 17.3 Å². The highest BCUT2D eigenvalue weighted by Crippen LogP contribution is 2.55. The topological polar surface area (TPSA) is 86.7 Å². The third-order valence-electron chi connectivity index (χ3n) is 8.58. The summed E-state index contributed by atoms with van der Waals surface area (Å²) < 4.78 is 0. The molecule has 0 unspecified atom stereocenters. The first-order valence-electron chi connectivity index (χ1n) is 10.7. The van der Waals surface area contributed by atoms with E-state index in [0.29, 0.717) is 25.7 Å². The van der Waals surface area contributed by atoms with Gasteiger partial charge in [-0.3, -0.25) is 9.80 Å². The molecule has 0 bridgehead atoms. The Morgan fingerprint density at radius 3 is 1.03 bits per heavy atom. The zero-order valence-electron chi connectivity index (χ0n) is 20.0. The quantitative estimate of drug-likeness (QED) is 0.651. The van der Waals surface area contributed by atoms with E-state index in [1.165, 1.54) is 0 Å². The molecule has 0 aromatic carbocycles. The van der Waals surface area contributed by atoms with Crippen molar-refractivity contribution < 1.29 is 19.8 Å². The van der Waals surface area contributed by atoms with Crippen molar-refractivity contribution in [1.82, 2.24) is 9.80 Å². The van der Waals surface area contributed by atoms with Gasteiger partial charge in [-0.25, -0.2) is 0 Å². The molecule has 2 fully saturated rings. The zero-order chi connectivity index (χ0) is 22.8. The van der Waals surface area contributed by atoms with Crippen LogP contribution in [0.2, 0.25) is 0 Å². The molecule has 29 heavy (non-hydrogen) atoms. The molecular formula is C23H40N2O4-2. The lowest BCUT2D eigenvalue weighted by atomic mass is 9.53. The van der Waals surface area contributed by atoms with Crippen LogP contribution < -0.4 is 10.2 Å². The molecule has 2 aliphatic heterocycles. The van der Waals surface area contributed by atoms with Crippen molar-refractivity contribution >= 4 is 11.9 Å². The van der Waals surface area contributed by atoms with Crippen LogP contribution in [0.5, 0.6) is 0 Å². The summed E-state index contributed by atoms with van der Waals surface area (Å²) in [6.07, 6.45) is 1.90. The van der Waals surface area contributed by atoms with Crippen molar-refractivity contribution in [3.8, 4) is 0 Å². The number of carbonyl (C=O) groups excluding carboxylic acids is 2. The molecule has 0 saturated carbocycles. The van der Waals surface area contributed by atoms with Crippen molar-refractivity contribution in [3.63, 3.8) is 0 Å². The third kappa shape index (κ3) is 3.71. The fourth-order valence-corrected chi connectivity index (χ4v) is 6.47. The highest BCUT2D eigenvalue weighted by Gasteiger charge is 2.58. The van der Waals surface area contributed by atoms with Crippen molar-refractivity contribution in [2.75, 3.05) is 14.1 Å². The third-order valence-corrected chi connectivity index (χ3v) is 8.58. The van der Waals surface area contributed by atoms with Gasteiger partial charge >= 0.3 is 0 Å². The van der Waals surface area contributed by atoms with Crippen molar-refractivity contribution in [2.45, 2.75) is 103 Å². The first kappa shape index (κ1) is 24.1. The van der Waals surface area contributed by atoms with Gasteiger partial charge in [-0.2, -0.15) is 0 Å². The lowest BCUT2D eigenvalue weighted by Gasteiger charge is -2.63. The van der Waals surface area contributed by atoms with Crippen LogP contribution >= 0.6 is 0 Å². The van der Waals surface area contributed by atoms with Gasteiger partial charge in [-0.15, -0.1) is 0 Å². The van der Waals surface area contributed by atoms with Gasteiger partial charge < -0.3 is 19.8 Å². The number of likely N-dealkylation sites (tertiary alicyclic amines) is 2. The molecule has 0 aromatic heterocycles. The summed E-state index contributed by atoms with van der Waals surface area (Å²) in [5.74, 6) is -4.09. The largest absolute Gasteiger partial charge is 0.549 e. The average Bonchev–Trinajstić information content (AvgIpc) is 2.49. The summed E-state index contributed by atoms with van der Waals surface area (Å²) in [4.78, 5) is 29.9. The molecular weight excluding hydrogens is 368 g/mol. The minimum Gasteiger partial charge on any atom is -0.549 e. The van der Waals surface area contributed by atoms with Crippen LogP contribution in [0.3, 0.4) is 0 Å². The van der Waals surface area contributed by atoms with Crippen LogP contribution in [0.15, 0.2) is 0 Å². The molecule has 0 amide bonds. The van der Waals surface area contributed by atoms with Gasteiger partial charge in [-0.1, -0.05) is 0 Å². The Labute approximate surface area is 176 Å². The Morgan fingerprint density at radius 2 is 0.862 bits per heavy atom. The lowest BCUT2D eigenvalue weighted by Crippen LogP contribution is -2.70. The summed E-state index contributed by atoms with van der Waals surface area (Å²) in [5.41, 5.74) is -3.35. The number of carboxylic acid groups (broad SMARTS) is 2. The molecule has 0 aliphatic carbocycles. The Morgan fingerprint density at radius 1 is 0.655 bits per heavy atom. The van der Waals surface area contributed by atoms with Crippen LogP contribution in [0.1, 0.15) is 81.1 Å². The number of aliphatic carboxylic acids is 2. The standard InChI is InChI=1S/C23H42N2O4/c1-19(2)11-15(12-20(3,4)24(19)9)23(17(26)27,18(28)29)16-13-21(5,6)25(10)22(7,8)14-16/h15-16H,11-14H2,1-10H3,(H,26,27)(H,28,29)/p-2. The van der Waals surface area contributed by atoms with Gasteiger partial charge in [0.25, 0.3) is 0 Å². The second-order valence-corrected chi connectivity index (χ2v) is 12.0. The van der Waals surface area contributed by atoms with Gasteiger partial charge in [0.1, 0.15) is 0 Å². The lowest BCUT2D eigenvalue weighted by molar-refractivity contribution is -0.355. The summed E-state index contributed by atoms with van der Waals surface area (Å²) in [7, 11) is 4.05. The van der Waals surface area contributed by atoms with Crippen LogP contribution in [-0.2, 0) is 9.59 Å². The molecule has 2 heterocycles. The van der Waals surface area contributed by atoms with E-state index >= 15 is 0 Å². The predicted molar refractivity (Wildman–Crippen MR) is 110 cm³/mol. The normalized spacial score (nSPS) is 28.2. The van der Waals surface area contributed by atoms with Gasteiger partial charge in [0, 0.05) is 22.2 Å². The van der Waals surface area contributed by atoms with Crippen LogP contribution in [0.25, 0.3) is 0 Å². The van der Waals surface area contributed by atoms with E-state index in [-0.39, 0.29) is 22.2 Å². The Balaban J connectivity index is 2.65. The molecule has 0 spiro atoms. The average molecular weight is 409 g/mol. The molecule has 2 saturated heterocycles. The molecule has 0 atom stereocenters. The van der Waals surface area contributed by atoms with E-state index in [2.05, 4.69) is 65.2 Å². The second kappa shape index (κ2) is 6.94. The zero-order valence-corrected chi connectivity index (χ0v) is 20.0. The number of nitrogens with zero attached hydrogens (tertiary/aromatic N) is 2. The number of piperidine rings is 2. The van der Waals surface area contributed by atoms with E-state index in [0.717, 1.165) is 0 Å². The van der Waals surface area contributed by atoms with Crippen molar-refractivity contribution in [1.29, 1.82) is 0 Å². The van der Waals surface area contributed by atoms with Crippen molar-refractivity contribution in [3.05, 3.63) is 0 Å². The van der Waals surface area contributed by atoms with E-state index < -0.39 is 29.2 Å². The Kier molecular flexibility index (Phi) is 5.78. The molecule has 6 heteroatoms. The minimum absolute atomic E-state index is 0.334. The maximum absolute atomic E-state index is 12.7. The SMILES string of the molecule is CN1C(C)(C)CC(C(C(=O)[O-])(C(=O)[O-])C2CC(C)(C)N(C)C(C)(C)C2)CC1(C)C. The van der Waals surface area contributed by atoms with Gasteiger partial charge in [0.15, 0.2) is 0 Å². The molecule has 2 aliphatic rings. The highest BCUT2D eigenvalue weighted by atomic mass is 16.4. The van der Waals surface area contributed by atoms with Crippen molar-refractivity contribution in [2.24, 2.45) is 17.3 Å². The van der Waals surface area contributed by atoms with Gasteiger partial charge in [0.2, 0.25) is 0 Å². The number of hydrogen-bond acceptors (Lipinski definition) is 6. The molecule has 0 N–H and O–H groups in total. The van der Waals surface area contributed by atoms with E-state index in [9.17, 15) is 19.8 Å². The van der Waals surface area contributed by atoms with Crippen LogP contribution in [-0.4, -0.2) is 58.0 Å². The summed E-state index contributed by atoms with van der Waals surface area (Å²) in [6, 6.07) is 0. The van der Waals surface area contributed by atoms with Crippen LogP contribution in [0.4, 0.5) is 0 Å². The monoisotopic (exact) mass is 408 g/mol. The Hall–Kier alpha value is -1.14. The highest BCUT2D eigenvalue weighted by molar-refractivity contribution is 5.97. The second-order valence-electron chi connectivity index (χ2n) is 12.0. The smallest absolute Gasteiger partial charge is 0.0553 e. The van der Waals surface area contributed by atoms with E-state index in [1.807, 2.05) is 14.1 Å². The van der Waals surface area contributed by atoms with E-state index in [4.69, 9.17) is 0 Å². The molecule has 0 aromatic rings. The van der Waals surface area contributed by atoms with E-state index in [1.54, 1.807) is 0 Å². The number of rotatable bonds is 4. The van der Waals surface area contributed by atoms with Gasteiger partial charge in [0.05, 0.1) is 17.4 Å². The number of hydrogen-bond donors (Lipinski definition) is 0. The first-order valence-corrected chi connectivity index (χ1v) is 10.7. The Bertz CT molecular complexity index is 586. The molecule has 168 valence electrons. The molecule has 0 radical (unpaired) electrons. The fourth-order valence-electron chi connectivity index (χ4n) is 6.47. The first-order chi connectivity index (χ1) is 12.8. The fraction of sp³-hybridized carbons (Fsp3) is 0.913. The summed E-state index contributed by atoms with van der Waals surface area (Å²) in [5, 5.41) is 25.4. The molecule has 6 nitrogen and oxygen atoms in total. The number of carboxylic acids is 2. The maximum Gasteiger partial charge on any atom is 0.0553 e. The summed E-state index contributed by atoms with van der Waals surface area (Å²) >= 11 is 0. The van der Waals surface area contributed by atoms with Gasteiger partial charge in [-0.05, 0) is 107 Å². The minimum atomic E-state index is -2.01. The maximum atomic E-state index is 12.7. The molecule has 2 rings (SSSR count).